The summed E-state index contributed by atoms with van der Waals surface area (Å²) in [6, 6.07) is 18.3. The number of fused-ring (bicyclic) bond motifs is 1. The first kappa shape index (κ1) is 20.6. The quantitative estimate of drug-likeness (QED) is 0.605. The zero-order valence-electron chi connectivity index (χ0n) is 17.3. The molecule has 0 saturated heterocycles. The molecule has 0 spiro atoms. The average Bonchev–Trinajstić information content (AvgIpc) is 2.74. The molecule has 3 aromatic rings. The molecule has 1 aliphatic rings. The van der Waals surface area contributed by atoms with Crippen LogP contribution in [0.2, 0.25) is 0 Å². The van der Waals surface area contributed by atoms with Gasteiger partial charge in [-0.3, -0.25) is 0 Å². The van der Waals surface area contributed by atoms with Gasteiger partial charge in [-0.1, -0.05) is 42.5 Å². The lowest BCUT2D eigenvalue weighted by Crippen LogP contribution is -2.35. The summed E-state index contributed by atoms with van der Waals surface area (Å²) in [5, 5.41) is 0. The Labute approximate surface area is 178 Å². The maximum Gasteiger partial charge on any atom is 0.213 e. The number of pyridine rings is 1. The van der Waals surface area contributed by atoms with Gasteiger partial charge in [-0.05, 0) is 59.2 Å². The zero-order chi connectivity index (χ0) is 21.1. The topological polar surface area (TPSA) is 59.5 Å². The Morgan fingerprint density at radius 1 is 1.07 bits per heavy atom. The van der Waals surface area contributed by atoms with Gasteiger partial charge < -0.3 is 4.74 Å². The van der Waals surface area contributed by atoms with Crippen LogP contribution in [0.15, 0.2) is 60.8 Å². The first-order chi connectivity index (χ1) is 14.4. The Kier molecular flexibility index (Phi) is 5.88. The summed E-state index contributed by atoms with van der Waals surface area (Å²) in [7, 11) is -3.17. The largest absolute Gasteiger partial charge is 0.473 e. The summed E-state index contributed by atoms with van der Waals surface area (Å²) in [5.74, 6) is 0.620. The van der Waals surface area contributed by atoms with Crippen LogP contribution < -0.4 is 4.74 Å². The van der Waals surface area contributed by atoms with Crippen molar-refractivity contribution in [2.45, 2.75) is 32.9 Å². The molecule has 2 heterocycles. The molecular weight excluding hydrogens is 396 g/mol. The lowest BCUT2D eigenvalue weighted by Gasteiger charge is -2.28. The Bertz CT molecular complexity index is 1140. The van der Waals surface area contributed by atoms with Crippen molar-refractivity contribution >= 4 is 10.0 Å². The van der Waals surface area contributed by atoms with E-state index in [1.807, 2.05) is 30.3 Å². The maximum absolute atomic E-state index is 11.9. The van der Waals surface area contributed by atoms with Gasteiger partial charge in [0.05, 0.1) is 6.26 Å². The second kappa shape index (κ2) is 8.58. The summed E-state index contributed by atoms with van der Waals surface area (Å²) in [4.78, 5) is 4.22. The Morgan fingerprint density at radius 3 is 2.70 bits per heavy atom. The fourth-order valence-electron chi connectivity index (χ4n) is 3.91. The van der Waals surface area contributed by atoms with E-state index in [0.717, 1.165) is 24.0 Å². The molecule has 0 bridgehead atoms. The van der Waals surface area contributed by atoms with E-state index in [0.29, 0.717) is 25.6 Å². The monoisotopic (exact) mass is 422 g/mol. The van der Waals surface area contributed by atoms with Crippen LogP contribution in [-0.2, 0) is 36.0 Å². The van der Waals surface area contributed by atoms with Gasteiger partial charge in [0.25, 0.3) is 0 Å². The molecule has 5 nitrogen and oxygen atoms in total. The second-order valence-electron chi connectivity index (χ2n) is 7.80. The van der Waals surface area contributed by atoms with Gasteiger partial charge in [0.15, 0.2) is 0 Å². The van der Waals surface area contributed by atoms with Crippen molar-refractivity contribution in [1.29, 1.82) is 0 Å². The fraction of sp³-hybridized carbons (Fsp3) is 0.292. The highest BCUT2D eigenvalue weighted by atomic mass is 32.2. The van der Waals surface area contributed by atoms with Gasteiger partial charge in [-0.2, -0.15) is 4.31 Å². The van der Waals surface area contributed by atoms with Crippen molar-refractivity contribution in [3.05, 3.63) is 94.2 Å². The number of benzene rings is 2. The van der Waals surface area contributed by atoms with Crippen LogP contribution in [-0.4, -0.2) is 30.5 Å². The Hall–Kier alpha value is -2.70. The van der Waals surface area contributed by atoms with Gasteiger partial charge >= 0.3 is 0 Å². The molecule has 0 unspecified atom stereocenters. The number of aromatic nitrogens is 1. The van der Waals surface area contributed by atoms with E-state index in [1.165, 1.54) is 28.5 Å². The van der Waals surface area contributed by atoms with Crippen molar-refractivity contribution in [1.82, 2.24) is 9.29 Å². The number of sulfonamides is 1. The minimum absolute atomic E-state index is 0.457. The van der Waals surface area contributed by atoms with E-state index in [2.05, 4.69) is 36.2 Å². The van der Waals surface area contributed by atoms with Crippen molar-refractivity contribution in [3.8, 4) is 5.88 Å². The smallest absolute Gasteiger partial charge is 0.213 e. The normalized spacial score (nSPS) is 14.3. The predicted octanol–water partition coefficient (Wildman–Crippen LogP) is 3.88. The number of ether oxygens (including phenoxy) is 1. The number of hydrogen-bond acceptors (Lipinski definition) is 4. The number of rotatable bonds is 6. The average molecular weight is 423 g/mol. The molecule has 1 aromatic heterocycles. The summed E-state index contributed by atoms with van der Waals surface area (Å²) in [5.41, 5.74) is 7.21. The SMILES string of the molecule is Cc1ccc(Cc2cccc3c2CCN(S(C)(=O)=O)C3)cc1COc1ccccn1. The van der Waals surface area contributed by atoms with Crippen LogP contribution in [0.4, 0.5) is 0 Å². The molecule has 0 N–H and O–H groups in total. The van der Waals surface area contributed by atoms with Crippen molar-refractivity contribution in [2.24, 2.45) is 0 Å². The molecule has 1 aliphatic heterocycles. The summed E-state index contributed by atoms with van der Waals surface area (Å²) in [6.07, 6.45) is 4.57. The van der Waals surface area contributed by atoms with Gasteiger partial charge in [0, 0.05) is 25.4 Å². The van der Waals surface area contributed by atoms with Crippen molar-refractivity contribution < 1.29 is 13.2 Å². The van der Waals surface area contributed by atoms with Crippen LogP contribution in [0.5, 0.6) is 5.88 Å². The highest BCUT2D eigenvalue weighted by Gasteiger charge is 2.24. The zero-order valence-corrected chi connectivity index (χ0v) is 18.2. The molecule has 0 radical (unpaired) electrons. The number of hydrogen-bond donors (Lipinski definition) is 0. The van der Waals surface area contributed by atoms with Crippen LogP contribution in [0.25, 0.3) is 0 Å². The number of aryl methyl sites for hydroxylation is 1. The van der Waals surface area contributed by atoms with Gasteiger partial charge in [0.1, 0.15) is 6.61 Å². The van der Waals surface area contributed by atoms with E-state index < -0.39 is 10.0 Å². The van der Waals surface area contributed by atoms with E-state index in [1.54, 1.807) is 10.5 Å². The van der Waals surface area contributed by atoms with E-state index in [9.17, 15) is 8.42 Å². The minimum Gasteiger partial charge on any atom is -0.473 e. The minimum atomic E-state index is -3.17. The van der Waals surface area contributed by atoms with Crippen LogP contribution >= 0.6 is 0 Å². The second-order valence-corrected chi connectivity index (χ2v) is 9.78. The molecule has 0 fully saturated rings. The lowest BCUT2D eigenvalue weighted by atomic mass is 9.91. The third-order valence-electron chi connectivity index (χ3n) is 5.62. The van der Waals surface area contributed by atoms with Crippen LogP contribution in [0, 0.1) is 6.92 Å². The molecule has 0 saturated carbocycles. The molecular formula is C24H26N2O3S. The first-order valence-corrected chi connectivity index (χ1v) is 11.9. The maximum atomic E-state index is 11.9. The molecule has 156 valence electrons. The molecule has 6 heteroatoms. The van der Waals surface area contributed by atoms with Crippen molar-refractivity contribution in [3.63, 3.8) is 0 Å². The van der Waals surface area contributed by atoms with Gasteiger partial charge in [-0.25, -0.2) is 13.4 Å². The third-order valence-corrected chi connectivity index (χ3v) is 6.87. The van der Waals surface area contributed by atoms with Gasteiger partial charge in [0.2, 0.25) is 15.9 Å². The Balaban J connectivity index is 1.53. The summed E-state index contributed by atoms with van der Waals surface area (Å²) >= 11 is 0. The van der Waals surface area contributed by atoms with Gasteiger partial charge in [-0.15, -0.1) is 0 Å². The molecule has 4 rings (SSSR count). The predicted molar refractivity (Wildman–Crippen MR) is 118 cm³/mol. The van der Waals surface area contributed by atoms with Crippen LogP contribution in [0.1, 0.15) is 33.4 Å². The molecule has 30 heavy (non-hydrogen) atoms. The highest BCUT2D eigenvalue weighted by molar-refractivity contribution is 7.88. The van der Waals surface area contributed by atoms with Crippen molar-refractivity contribution in [2.75, 3.05) is 12.8 Å². The standard InChI is InChI=1S/C24H26N2O3S/c1-18-9-10-19(15-22(18)17-29-24-8-3-4-12-25-24)14-20-6-5-7-21-16-26(30(2,27)28)13-11-23(20)21/h3-10,12,15H,11,13-14,16-17H2,1-2H3. The third kappa shape index (κ3) is 4.71. The molecule has 2 aromatic carbocycles. The van der Waals surface area contributed by atoms with E-state index in [-0.39, 0.29) is 0 Å². The highest BCUT2D eigenvalue weighted by Crippen LogP contribution is 2.26. The van der Waals surface area contributed by atoms with Crippen LogP contribution in [0.3, 0.4) is 0 Å². The molecule has 0 amide bonds. The number of nitrogens with zero attached hydrogens (tertiary/aromatic N) is 2. The Morgan fingerprint density at radius 2 is 1.93 bits per heavy atom. The molecule has 0 aliphatic carbocycles. The fourth-order valence-corrected chi connectivity index (χ4v) is 4.70. The summed E-state index contributed by atoms with van der Waals surface area (Å²) < 4.78 is 31.2. The van der Waals surface area contributed by atoms with E-state index in [4.69, 9.17) is 4.74 Å². The molecule has 0 atom stereocenters. The van der Waals surface area contributed by atoms with E-state index >= 15 is 0 Å². The summed E-state index contributed by atoms with van der Waals surface area (Å²) in [6.45, 7) is 3.57. The lowest BCUT2D eigenvalue weighted by molar-refractivity contribution is 0.293. The first-order valence-electron chi connectivity index (χ1n) is 10.1.